The van der Waals surface area contributed by atoms with Gasteiger partial charge in [0.2, 0.25) is 23.6 Å². The minimum atomic E-state index is -3.11. The Labute approximate surface area is 194 Å². The lowest BCUT2D eigenvalue weighted by atomic mass is 10.2. The fraction of sp³-hybridized carbons (Fsp3) is 0.278. The Balaban J connectivity index is 1.92. The molecule has 0 aliphatic rings. The molecule has 2 aromatic rings. The van der Waals surface area contributed by atoms with Gasteiger partial charge in [-0.05, 0) is 47.5 Å². The quantitative estimate of drug-likeness (QED) is 0.232. The van der Waals surface area contributed by atoms with Gasteiger partial charge in [-0.3, -0.25) is 13.6 Å². The zero-order valence-electron chi connectivity index (χ0n) is 17.5. The van der Waals surface area contributed by atoms with Gasteiger partial charge < -0.3 is 9.05 Å². The Morgan fingerprint density at radius 1 is 1.03 bits per heavy atom. The van der Waals surface area contributed by atoms with Crippen molar-refractivity contribution in [2.24, 2.45) is 5.10 Å². The average Bonchev–Trinajstić information content (AvgIpc) is 2.79. The molecule has 0 fully saturated rings. The third kappa shape index (κ3) is 8.60. The van der Waals surface area contributed by atoms with Crippen LogP contribution in [0.3, 0.4) is 0 Å². The van der Waals surface area contributed by atoms with Crippen LogP contribution in [0.15, 0.2) is 53.6 Å². The number of benzene rings is 2. The van der Waals surface area contributed by atoms with E-state index in [9.17, 15) is 4.57 Å². The average molecular weight is 519 g/mol. The highest BCUT2D eigenvalue weighted by Crippen LogP contribution is 2.49. The molecule has 0 saturated heterocycles. The number of nitrogens with zero attached hydrogens (tertiary/aromatic N) is 2. The molecule has 1 N–H and O–H groups in total. The maximum Gasteiger partial charge on any atom is 0.540 e. The number of hydrogen-bond acceptors (Lipinski definition) is 8. The molecule has 0 heterocycles. The highest BCUT2D eigenvalue weighted by atomic mass is 32.4. The predicted molar refractivity (Wildman–Crippen MR) is 132 cm³/mol. The van der Waals surface area contributed by atoms with Crippen molar-refractivity contribution in [2.45, 2.75) is 6.16 Å². The van der Waals surface area contributed by atoms with E-state index in [1.807, 2.05) is 24.3 Å². The van der Waals surface area contributed by atoms with Crippen LogP contribution < -0.4 is 14.1 Å². The summed E-state index contributed by atoms with van der Waals surface area (Å²) in [5, 5.41) is 7.25. The van der Waals surface area contributed by atoms with Crippen molar-refractivity contribution in [3.63, 3.8) is 0 Å². The van der Waals surface area contributed by atoms with Crippen LogP contribution in [0.2, 0.25) is 0 Å². The van der Waals surface area contributed by atoms with Crippen LogP contribution >= 0.6 is 21.7 Å². The molecule has 0 radical (unpaired) electrons. The van der Waals surface area contributed by atoms with Gasteiger partial charge in [0.15, 0.2) is 11.5 Å². The molecular formula is C18H24N3O5P3S2+2. The van der Waals surface area contributed by atoms with E-state index in [0.29, 0.717) is 11.5 Å². The summed E-state index contributed by atoms with van der Waals surface area (Å²) in [5.41, 5.74) is 1.70. The van der Waals surface area contributed by atoms with Crippen LogP contribution in [-0.2, 0) is 43.4 Å². The first-order valence-electron chi connectivity index (χ1n) is 8.93. The van der Waals surface area contributed by atoms with Gasteiger partial charge in [0.05, 0.1) is 19.4 Å². The largest absolute Gasteiger partial charge is 0.540 e. The molecule has 8 nitrogen and oxygen atoms in total. The van der Waals surface area contributed by atoms with Crippen molar-refractivity contribution in [1.29, 1.82) is 0 Å². The molecular weight excluding hydrogens is 495 g/mol. The number of hydrazone groups is 1. The molecule has 0 amide bonds. The number of hydrogen-bond donors (Lipinski definition) is 1. The molecule has 13 heteroatoms. The van der Waals surface area contributed by atoms with Gasteiger partial charge in [0.1, 0.15) is 0 Å². The zero-order chi connectivity index (χ0) is 22.9. The molecule has 166 valence electrons. The summed E-state index contributed by atoms with van der Waals surface area (Å²) in [7, 11) is 0.645. The first-order valence-corrected chi connectivity index (χ1v) is 15.2. The second kappa shape index (κ2) is 12.6. The Hall–Kier alpha value is -1.34. The molecule has 2 aromatic carbocycles. The molecule has 0 aliphatic carbocycles. The smallest absolute Gasteiger partial charge is 0.312 e. The van der Waals surface area contributed by atoms with E-state index in [-0.39, 0.29) is 6.16 Å². The predicted octanol–water partition coefficient (Wildman–Crippen LogP) is 5.16. The van der Waals surface area contributed by atoms with Gasteiger partial charge in [0.25, 0.3) is 0 Å². The van der Waals surface area contributed by atoms with Gasteiger partial charge >= 0.3 is 21.7 Å². The van der Waals surface area contributed by atoms with E-state index in [1.54, 1.807) is 49.4 Å². The minimum absolute atomic E-state index is 0.181. The summed E-state index contributed by atoms with van der Waals surface area (Å²) in [4.78, 5) is 0. The molecule has 0 spiro atoms. The minimum Gasteiger partial charge on any atom is -0.312 e. The maximum atomic E-state index is 12.2. The summed E-state index contributed by atoms with van der Waals surface area (Å²) in [6.45, 7) is 0. The van der Waals surface area contributed by atoms with Crippen LogP contribution in [0.4, 0.5) is 0 Å². The summed E-state index contributed by atoms with van der Waals surface area (Å²) in [5.74, 6) is 1.30. The van der Waals surface area contributed by atoms with Gasteiger partial charge in [0, 0.05) is 21.3 Å². The summed E-state index contributed by atoms with van der Waals surface area (Å²) >= 11 is 10.5. The van der Waals surface area contributed by atoms with E-state index in [0.717, 1.165) is 11.1 Å². The molecule has 2 unspecified atom stereocenters. The highest BCUT2D eigenvalue weighted by Gasteiger charge is 2.23. The van der Waals surface area contributed by atoms with Gasteiger partial charge in [-0.15, -0.1) is 10.2 Å². The first kappa shape index (κ1) is 25.9. The van der Waals surface area contributed by atoms with Gasteiger partial charge in [-0.25, -0.2) is 0 Å². The Morgan fingerprint density at radius 2 is 1.58 bits per heavy atom. The van der Waals surface area contributed by atoms with Crippen molar-refractivity contribution in [1.82, 2.24) is 9.87 Å². The lowest BCUT2D eigenvalue weighted by Gasteiger charge is -2.13. The first-order chi connectivity index (χ1) is 14.8. The molecule has 0 aromatic heterocycles. The van der Waals surface area contributed by atoms with Crippen molar-refractivity contribution < 1.29 is 22.7 Å². The molecule has 0 aliphatic heterocycles. The Morgan fingerprint density at radius 3 is 2.13 bits per heavy atom. The van der Waals surface area contributed by atoms with E-state index in [2.05, 4.69) is 10.2 Å². The second-order valence-electron chi connectivity index (χ2n) is 5.98. The lowest BCUT2D eigenvalue weighted by molar-refractivity contribution is 0.275. The molecule has 2 atom stereocenters. The molecule has 31 heavy (non-hydrogen) atoms. The summed E-state index contributed by atoms with van der Waals surface area (Å²) in [6, 6.07) is 14.6. The van der Waals surface area contributed by atoms with Gasteiger partial charge in [-0.1, -0.05) is 16.9 Å². The number of rotatable bonds is 12. The van der Waals surface area contributed by atoms with Gasteiger partial charge in [-0.2, -0.15) is 0 Å². The van der Waals surface area contributed by atoms with Crippen LogP contribution in [0.1, 0.15) is 11.1 Å². The third-order valence-electron chi connectivity index (χ3n) is 3.90. The molecule has 0 saturated carbocycles. The normalized spacial score (nSPS) is 12.5. The fourth-order valence-electron chi connectivity index (χ4n) is 2.18. The van der Waals surface area contributed by atoms with E-state index in [4.69, 9.17) is 41.7 Å². The zero-order valence-corrected chi connectivity index (χ0v) is 21.8. The van der Waals surface area contributed by atoms with Crippen LogP contribution in [0, 0.1) is 0 Å². The monoisotopic (exact) mass is 519 g/mol. The summed E-state index contributed by atoms with van der Waals surface area (Å²) in [6.07, 6.45) is 1.87. The molecule has 2 rings (SSSR count). The molecule has 0 bridgehead atoms. The van der Waals surface area contributed by atoms with E-state index in [1.165, 1.54) is 14.2 Å². The summed E-state index contributed by atoms with van der Waals surface area (Å²) < 4.78 is 35.1. The third-order valence-corrected chi connectivity index (χ3v) is 9.15. The number of nitrogens with one attached hydrogen (secondary N) is 1. The van der Waals surface area contributed by atoms with Crippen molar-refractivity contribution in [3.8, 4) is 11.5 Å². The van der Waals surface area contributed by atoms with Crippen molar-refractivity contribution >= 4 is 51.6 Å². The fourth-order valence-corrected chi connectivity index (χ4v) is 4.85. The van der Waals surface area contributed by atoms with Crippen molar-refractivity contribution in [2.75, 3.05) is 28.3 Å². The van der Waals surface area contributed by atoms with E-state index < -0.39 is 21.7 Å². The lowest BCUT2D eigenvalue weighted by Crippen LogP contribution is -2.03. The van der Waals surface area contributed by atoms with E-state index >= 15 is 0 Å². The van der Waals surface area contributed by atoms with Crippen molar-refractivity contribution in [3.05, 3.63) is 59.7 Å². The SMILES string of the molecule is CN[P+](=S)Oc1ccc(/C=N\N(C)[P+](=S)Oc2ccc(CP(=O)(OC)OC)cc2)cc1. The standard InChI is InChI=1S/C18H24N3O5P3S2/c1-19-27(30)25-17-9-5-15(6-10-17)13-20-21(2)28(31)26-18-11-7-16(8-12-18)14-29(22,23-3)24-4/h5-13H,14H2,1-4H3,(H,19,30)/q+2/b20-13-. The Kier molecular flexibility index (Phi) is 10.6. The Bertz CT molecular complexity index is 966. The second-order valence-corrected chi connectivity index (χ2v) is 12.6. The topological polar surface area (TPSA) is 81.6 Å². The van der Waals surface area contributed by atoms with Crippen LogP contribution in [0.5, 0.6) is 11.5 Å². The van der Waals surface area contributed by atoms with Crippen LogP contribution in [-0.4, -0.2) is 39.3 Å². The maximum absolute atomic E-state index is 12.2. The highest BCUT2D eigenvalue weighted by molar-refractivity contribution is 8.02. The van der Waals surface area contributed by atoms with Crippen LogP contribution in [0.25, 0.3) is 0 Å².